The van der Waals surface area contributed by atoms with Gasteiger partial charge in [-0.3, -0.25) is 0 Å². The summed E-state index contributed by atoms with van der Waals surface area (Å²) in [6.07, 6.45) is 1.67. The number of benzene rings is 1. The van der Waals surface area contributed by atoms with Crippen LogP contribution in [0, 0.1) is 0 Å². The Balaban J connectivity index is 2.79. The summed E-state index contributed by atoms with van der Waals surface area (Å²) in [6, 6.07) is 5.43. The fraction of sp³-hybridized carbons (Fsp3) is 0. The Morgan fingerprint density at radius 1 is 1.45 bits per heavy atom. The minimum absolute atomic E-state index is 0.455. The largest absolute Gasteiger partial charge is 0.339 e. The highest BCUT2D eigenvalue weighted by Crippen LogP contribution is 2.26. The van der Waals surface area contributed by atoms with Crippen LogP contribution in [0.3, 0.4) is 0 Å². The molecular formula is C7H5NO2S. The molecule has 1 aromatic heterocycles. The lowest BCUT2D eigenvalue weighted by Crippen LogP contribution is -1.82. The highest BCUT2D eigenvalue weighted by Gasteiger charge is 2.02. The zero-order valence-electron chi connectivity index (χ0n) is 5.52. The van der Waals surface area contributed by atoms with E-state index in [9.17, 15) is 0 Å². The predicted octanol–water partition coefficient (Wildman–Crippen LogP) is 2.15. The summed E-state index contributed by atoms with van der Waals surface area (Å²) in [5, 5.41) is 9.28. The fourth-order valence-corrected chi connectivity index (χ4v) is 1.61. The topological polar surface area (TPSA) is 42.4 Å². The van der Waals surface area contributed by atoms with E-state index in [0.29, 0.717) is 5.75 Å². The third-order valence-corrected chi connectivity index (χ3v) is 2.22. The smallest absolute Gasteiger partial charge is 0.175 e. The molecule has 0 aliphatic heterocycles. The van der Waals surface area contributed by atoms with Gasteiger partial charge in [0.05, 0.1) is 16.3 Å². The van der Waals surface area contributed by atoms with Gasteiger partial charge in [-0.2, -0.15) is 4.37 Å². The molecule has 0 unspecified atom stereocenters. The quantitative estimate of drug-likeness (QED) is 0.522. The van der Waals surface area contributed by atoms with E-state index < -0.39 is 0 Å². The second-order valence-electron chi connectivity index (χ2n) is 2.09. The van der Waals surface area contributed by atoms with Crippen LogP contribution in [0.25, 0.3) is 10.1 Å². The van der Waals surface area contributed by atoms with Crippen molar-refractivity contribution in [2.24, 2.45) is 0 Å². The minimum Gasteiger partial charge on any atom is -0.339 e. The van der Waals surface area contributed by atoms with Crippen molar-refractivity contribution in [1.29, 1.82) is 0 Å². The molecule has 1 heterocycles. The maximum atomic E-state index is 8.43. The maximum Gasteiger partial charge on any atom is 0.175 e. The Morgan fingerprint density at radius 2 is 2.36 bits per heavy atom. The average Bonchev–Trinajstić information content (AvgIpc) is 2.50. The maximum absolute atomic E-state index is 8.43. The highest BCUT2D eigenvalue weighted by atomic mass is 32.1. The molecule has 1 N–H and O–H groups in total. The third-order valence-electron chi connectivity index (χ3n) is 1.46. The van der Waals surface area contributed by atoms with Gasteiger partial charge in [-0.05, 0) is 23.7 Å². The molecule has 3 nitrogen and oxygen atoms in total. The average molecular weight is 167 g/mol. The summed E-state index contributed by atoms with van der Waals surface area (Å²) in [5.74, 6) is 0.455. The SMILES string of the molecule is OOc1cccc2sncc12. The monoisotopic (exact) mass is 167 g/mol. The zero-order chi connectivity index (χ0) is 7.68. The van der Waals surface area contributed by atoms with Crippen LogP contribution < -0.4 is 4.89 Å². The molecule has 0 fully saturated rings. The van der Waals surface area contributed by atoms with Crippen LogP contribution in [0.15, 0.2) is 24.4 Å². The summed E-state index contributed by atoms with van der Waals surface area (Å²) < 4.78 is 4.97. The van der Waals surface area contributed by atoms with Crippen LogP contribution in [0.2, 0.25) is 0 Å². The van der Waals surface area contributed by atoms with Crippen molar-refractivity contribution in [3.8, 4) is 5.75 Å². The van der Waals surface area contributed by atoms with E-state index in [2.05, 4.69) is 9.26 Å². The lowest BCUT2D eigenvalue weighted by atomic mass is 10.2. The molecule has 56 valence electrons. The molecule has 0 aliphatic carbocycles. The normalized spacial score (nSPS) is 10.3. The van der Waals surface area contributed by atoms with Gasteiger partial charge in [-0.25, -0.2) is 5.26 Å². The van der Waals surface area contributed by atoms with Gasteiger partial charge < -0.3 is 4.89 Å². The number of aromatic nitrogens is 1. The van der Waals surface area contributed by atoms with Crippen molar-refractivity contribution in [1.82, 2.24) is 4.37 Å². The van der Waals surface area contributed by atoms with Crippen LogP contribution in [0.1, 0.15) is 0 Å². The molecule has 0 saturated carbocycles. The molecule has 0 aliphatic rings. The van der Waals surface area contributed by atoms with Crippen molar-refractivity contribution in [2.45, 2.75) is 0 Å². The lowest BCUT2D eigenvalue weighted by molar-refractivity contribution is -0.136. The van der Waals surface area contributed by atoms with Gasteiger partial charge >= 0.3 is 0 Å². The molecule has 2 aromatic rings. The molecule has 1 aromatic carbocycles. The second kappa shape index (κ2) is 2.48. The number of nitrogens with zero attached hydrogens (tertiary/aromatic N) is 1. The van der Waals surface area contributed by atoms with Crippen LogP contribution in [0.4, 0.5) is 0 Å². The van der Waals surface area contributed by atoms with E-state index in [-0.39, 0.29) is 0 Å². The first kappa shape index (κ1) is 6.57. The molecule has 11 heavy (non-hydrogen) atoms. The zero-order valence-corrected chi connectivity index (χ0v) is 6.34. The van der Waals surface area contributed by atoms with Gasteiger partial charge in [0.15, 0.2) is 5.75 Å². The molecule has 4 heteroatoms. The first-order valence-electron chi connectivity index (χ1n) is 3.06. The number of rotatable bonds is 1. The molecule has 0 spiro atoms. The van der Waals surface area contributed by atoms with Crippen molar-refractivity contribution in [2.75, 3.05) is 0 Å². The van der Waals surface area contributed by atoms with Crippen molar-refractivity contribution >= 4 is 21.6 Å². The Kier molecular flexibility index (Phi) is 1.48. The van der Waals surface area contributed by atoms with Crippen molar-refractivity contribution < 1.29 is 10.1 Å². The fourth-order valence-electron chi connectivity index (χ4n) is 0.946. The van der Waals surface area contributed by atoms with Gasteiger partial charge in [0.25, 0.3) is 0 Å². The third kappa shape index (κ3) is 0.961. The molecule has 0 amide bonds. The van der Waals surface area contributed by atoms with E-state index in [1.54, 1.807) is 12.3 Å². The molecule has 0 saturated heterocycles. The Morgan fingerprint density at radius 3 is 3.18 bits per heavy atom. The van der Waals surface area contributed by atoms with E-state index >= 15 is 0 Å². The number of hydrogen-bond donors (Lipinski definition) is 1. The number of hydrogen-bond acceptors (Lipinski definition) is 4. The predicted molar refractivity (Wildman–Crippen MR) is 42.9 cm³/mol. The Labute approximate surface area is 67.0 Å². The van der Waals surface area contributed by atoms with E-state index in [4.69, 9.17) is 5.26 Å². The molecule has 0 atom stereocenters. The van der Waals surface area contributed by atoms with Crippen LogP contribution in [0.5, 0.6) is 5.75 Å². The van der Waals surface area contributed by atoms with Crippen LogP contribution in [-0.2, 0) is 0 Å². The Bertz CT molecular complexity index is 371. The standard InChI is InChI=1S/C7H5NO2S/c9-10-6-2-1-3-7-5(6)4-8-11-7/h1-4,9H. The summed E-state index contributed by atoms with van der Waals surface area (Å²) in [7, 11) is 0. The van der Waals surface area contributed by atoms with E-state index in [1.807, 2.05) is 12.1 Å². The highest BCUT2D eigenvalue weighted by molar-refractivity contribution is 7.13. The van der Waals surface area contributed by atoms with E-state index in [1.165, 1.54) is 11.5 Å². The minimum atomic E-state index is 0.455. The van der Waals surface area contributed by atoms with Crippen LogP contribution >= 0.6 is 11.5 Å². The lowest BCUT2D eigenvalue weighted by Gasteiger charge is -1.95. The first-order chi connectivity index (χ1) is 5.42. The second-order valence-corrected chi connectivity index (χ2v) is 2.92. The molecule has 0 bridgehead atoms. The van der Waals surface area contributed by atoms with Gasteiger partial charge in [0.1, 0.15) is 0 Å². The molecule has 0 radical (unpaired) electrons. The first-order valence-corrected chi connectivity index (χ1v) is 3.84. The van der Waals surface area contributed by atoms with Gasteiger partial charge in [0.2, 0.25) is 0 Å². The van der Waals surface area contributed by atoms with Crippen LogP contribution in [-0.4, -0.2) is 9.63 Å². The van der Waals surface area contributed by atoms with Gasteiger partial charge in [-0.15, -0.1) is 0 Å². The molecule has 2 rings (SSSR count). The number of fused-ring (bicyclic) bond motifs is 1. The molecular weight excluding hydrogens is 162 g/mol. The van der Waals surface area contributed by atoms with Crippen molar-refractivity contribution in [3.63, 3.8) is 0 Å². The van der Waals surface area contributed by atoms with Gasteiger partial charge in [0, 0.05) is 0 Å². The summed E-state index contributed by atoms with van der Waals surface area (Å²) in [4.78, 5) is 4.15. The van der Waals surface area contributed by atoms with E-state index in [0.717, 1.165) is 10.1 Å². The van der Waals surface area contributed by atoms with Crippen molar-refractivity contribution in [3.05, 3.63) is 24.4 Å². The Hall–Kier alpha value is -1.13. The summed E-state index contributed by atoms with van der Waals surface area (Å²) >= 11 is 1.38. The summed E-state index contributed by atoms with van der Waals surface area (Å²) in [5.41, 5.74) is 0. The summed E-state index contributed by atoms with van der Waals surface area (Å²) in [6.45, 7) is 0. The van der Waals surface area contributed by atoms with Gasteiger partial charge in [-0.1, -0.05) is 6.07 Å².